The average molecular weight is 241 g/mol. The SMILES string of the molecule is CC(C)C1CN(CC2(CC(=O)O)CC2)CCO1. The van der Waals surface area contributed by atoms with Gasteiger partial charge in [-0.15, -0.1) is 0 Å². The van der Waals surface area contributed by atoms with Gasteiger partial charge in [-0.2, -0.15) is 0 Å². The molecule has 1 unspecified atom stereocenters. The van der Waals surface area contributed by atoms with Crippen molar-refractivity contribution >= 4 is 5.97 Å². The fourth-order valence-corrected chi connectivity index (χ4v) is 2.64. The van der Waals surface area contributed by atoms with Crippen molar-refractivity contribution in [3.05, 3.63) is 0 Å². The molecule has 4 heteroatoms. The van der Waals surface area contributed by atoms with Crippen LogP contribution in [0.4, 0.5) is 0 Å². The van der Waals surface area contributed by atoms with Gasteiger partial charge in [0, 0.05) is 19.6 Å². The minimum Gasteiger partial charge on any atom is -0.481 e. The van der Waals surface area contributed by atoms with Gasteiger partial charge in [0.15, 0.2) is 0 Å². The highest BCUT2D eigenvalue weighted by atomic mass is 16.5. The monoisotopic (exact) mass is 241 g/mol. The molecule has 17 heavy (non-hydrogen) atoms. The van der Waals surface area contributed by atoms with Crippen molar-refractivity contribution in [1.82, 2.24) is 4.90 Å². The van der Waals surface area contributed by atoms with E-state index in [1.165, 1.54) is 0 Å². The van der Waals surface area contributed by atoms with Crippen LogP contribution in [-0.2, 0) is 9.53 Å². The Balaban J connectivity index is 1.84. The zero-order chi connectivity index (χ0) is 12.5. The highest BCUT2D eigenvalue weighted by Gasteiger charge is 2.46. The molecular formula is C13H23NO3. The first-order valence-electron chi connectivity index (χ1n) is 6.56. The lowest BCUT2D eigenvalue weighted by Crippen LogP contribution is -2.46. The number of hydrogen-bond acceptors (Lipinski definition) is 3. The molecule has 1 aliphatic carbocycles. The van der Waals surface area contributed by atoms with Crippen LogP contribution in [0.2, 0.25) is 0 Å². The van der Waals surface area contributed by atoms with Gasteiger partial charge >= 0.3 is 5.97 Å². The van der Waals surface area contributed by atoms with E-state index in [0.29, 0.717) is 18.4 Å². The van der Waals surface area contributed by atoms with Crippen molar-refractivity contribution in [2.24, 2.45) is 11.3 Å². The molecule has 1 heterocycles. The van der Waals surface area contributed by atoms with Crippen LogP contribution in [-0.4, -0.2) is 48.3 Å². The summed E-state index contributed by atoms with van der Waals surface area (Å²) in [5, 5.41) is 8.92. The first-order chi connectivity index (χ1) is 8.01. The molecule has 0 radical (unpaired) electrons. The number of aliphatic carboxylic acids is 1. The van der Waals surface area contributed by atoms with Crippen molar-refractivity contribution in [3.63, 3.8) is 0 Å². The molecule has 1 saturated carbocycles. The van der Waals surface area contributed by atoms with Crippen molar-refractivity contribution in [1.29, 1.82) is 0 Å². The second kappa shape index (κ2) is 4.94. The van der Waals surface area contributed by atoms with Crippen LogP contribution in [0.1, 0.15) is 33.1 Å². The smallest absolute Gasteiger partial charge is 0.303 e. The Bertz CT molecular complexity index is 286. The molecule has 2 rings (SSSR count). The lowest BCUT2D eigenvalue weighted by molar-refractivity contribution is -0.138. The molecule has 1 saturated heterocycles. The normalized spacial score (nSPS) is 28.3. The van der Waals surface area contributed by atoms with E-state index >= 15 is 0 Å². The Morgan fingerprint density at radius 1 is 1.53 bits per heavy atom. The summed E-state index contributed by atoms with van der Waals surface area (Å²) in [7, 11) is 0. The number of carboxylic acids is 1. The van der Waals surface area contributed by atoms with E-state index in [-0.39, 0.29) is 5.41 Å². The first kappa shape index (κ1) is 12.8. The minimum absolute atomic E-state index is 0.0741. The fourth-order valence-electron chi connectivity index (χ4n) is 2.64. The van der Waals surface area contributed by atoms with Gasteiger partial charge in [-0.1, -0.05) is 13.8 Å². The Morgan fingerprint density at radius 2 is 2.24 bits per heavy atom. The van der Waals surface area contributed by atoms with Crippen LogP contribution in [0.3, 0.4) is 0 Å². The summed E-state index contributed by atoms with van der Waals surface area (Å²) < 4.78 is 5.73. The summed E-state index contributed by atoms with van der Waals surface area (Å²) in [6.45, 7) is 7.98. The second-order valence-corrected chi connectivity index (χ2v) is 5.96. The molecule has 98 valence electrons. The molecule has 2 aliphatic rings. The largest absolute Gasteiger partial charge is 0.481 e. The van der Waals surface area contributed by atoms with Gasteiger partial charge in [0.1, 0.15) is 0 Å². The Hall–Kier alpha value is -0.610. The second-order valence-electron chi connectivity index (χ2n) is 5.96. The summed E-state index contributed by atoms with van der Waals surface area (Å²) in [5.41, 5.74) is 0.0741. The number of carbonyl (C=O) groups is 1. The molecule has 0 aromatic rings. The van der Waals surface area contributed by atoms with Gasteiger partial charge in [-0.05, 0) is 24.2 Å². The van der Waals surface area contributed by atoms with Gasteiger partial charge in [-0.25, -0.2) is 0 Å². The van der Waals surface area contributed by atoms with E-state index in [4.69, 9.17) is 9.84 Å². The minimum atomic E-state index is -0.656. The lowest BCUT2D eigenvalue weighted by Gasteiger charge is -2.36. The maximum Gasteiger partial charge on any atom is 0.303 e. The first-order valence-corrected chi connectivity index (χ1v) is 6.56. The van der Waals surface area contributed by atoms with Gasteiger partial charge in [0.05, 0.1) is 19.1 Å². The van der Waals surface area contributed by atoms with Crippen LogP contribution in [0.15, 0.2) is 0 Å². The highest BCUT2D eigenvalue weighted by Crippen LogP contribution is 2.49. The Labute approximate surface area is 103 Å². The summed E-state index contributed by atoms with van der Waals surface area (Å²) in [6, 6.07) is 0. The number of rotatable bonds is 5. The van der Waals surface area contributed by atoms with E-state index in [2.05, 4.69) is 18.7 Å². The lowest BCUT2D eigenvalue weighted by atomic mass is 10.00. The van der Waals surface area contributed by atoms with Crippen LogP contribution in [0, 0.1) is 11.3 Å². The molecular weight excluding hydrogens is 218 g/mol. The maximum absolute atomic E-state index is 10.8. The average Bonchev–Trinajstić information content (AvgIpc) is 2.96. The van der Waals surface area contributed by atoms with E-state index in [1.54, 1.807) is 0 Å². The van der Waals surface area contributed by atoms with Crippen LogP contribution in [0.25, 0.3) is 0 Å². The third kappa shape index (κ3) is 3.42. The summed E-state index contributed by atoms with van der Waals surface area (Å²) in [5.74, 6) is -0.122. The van der Waals surface area contributed by atoms with Gasteiger partial charge in [0.2, 0.25) is 0 Å². The molecule has 1 atom stereocenters. The Morgan fingerprint density at radius 3 is 2.76 bits per heavy atom. The molecule has 0 spiro atoms. The van der Waals surface area contributed by atoms with Crippen LogP contribution in [0.5, 0.6) is 0 Å². The number of carboxylic acid groups (broad SMARTS) is 1. The summed E-state index contributed by atoms with van der Waals surface area (Å²) >= 11 is 0. The standard InChI is InChI=1S/C13H23NO3/c1-10(2)11-8-14(5-6-17-11)9-13(3-4-13)7-12(15)16/h10-11H,3-9H2,1-2H3,(H,15,16). The number of ether oxygens (including phenoxy) is 1. The van der Waals surface area contributed by atoms with Gasteiger partial charge in [-0.3, -0.25) is 9.69 Å². The van der Waals surface area contributed by atoms with Crippen LogP contribution >= 0.6 is 0 Å². The molecule has 4 nitrogen and oxygen atoms in total. The van der Waals surface area contributed by atoms with Crippen molar-refractivity contribution in [2.75, 3.05) is 26.2 Å². The predicted molar refractivity (Wildman–Crippen MR) is 64.9 cm³/mol. The fraction of sp³-hybridized carbons (Fsp3) is 0.923. The third-order valence-electron chi connectivity index (χ3n) is 3.96. The number of hydrogen-bond donors (Lipinski definition) is 1. The summed E-state index contributed by atoms with van der Waals surface area (Å²) in [6.07, 6.45) is 2.78. The predicted octanol–water partition coefficient (Wildman–Crippen LogP) is 1.60. The molecule has 0 bridgehead atoms. The molecule has 0 amide bonds. The zero-order valence-corrected chi connectivity index (χ0v) is 10.8. The number of morpholine rings is 1. The molecule has 0 aromatic heterocycles. The molecule has 1 N–H and O–H groups in total. The van der Waals surface area contributed by atoms with E-state index in [9.17, 15) is 4.79 Å². The quantitative estimate of drug-likeness (QED) is 0.794. The van der Waals surface area contributed by atoms with Crippen molar-refractivity contribution in [2.45, 2.75) is 39.2 Å². The van der Waals surface area contributed by atoms with Crippen LogP contribution < -0.4 is 0 Å². The summed E-state index contributed by atoms with van der Waals surface area (Å²) in [4.78, 5) is 13.2. The van der Waals surface area contributed by atoms with Gasteiger partial charge in [0.25, 0.3) is 0 Å². The highest BCUT2D eigenvalue weighted by molar-refractivity contribution is 5.68. The van der Waals surface area contributed by atoms with Gasteiger partial charge < -0.3 is 9.84 Å². The number of nitrogens with zero attached hydrogens (tertiary/aromatic N) is 1. The van der Waals surface area contributed by atoms with E-state index in [1.807, 2.05) is 0 Å². The molecule has 1 aliphatic heterocycles. The van der Waals surface area contributed by atoms with E-state index < -0.39 is 5.97 Å². The van der Waals surface area contributed by atoms with Crippen molar-refractivity contribution < 1.29 is 14.6 Å². The van der Waals surface area contributed by atoms with Crippen molar-refractivity contribution in [3.8, 4) is 0 Å². The molecule has 2 fully saturated rings. The topological polar surface area (TPSA) is 49.8 Å². The molecule has 0 aromatic carbocycles. The Kier molecular flexibility index (Phi) is 3.73. The maximum atomic E-state index is 10.8. The van der Waals surface area contributed by atoms with E-state index in [0.717, 1.165) is 39.1 Å². The zero-order valence-electron chi connectivity index (χ0n) is 10.8. The third-order valence-corrected chi connectivity index (χ3v) is 3.96.